The van der Waals surface area contributed by atoms with Gasteiger partial charge in [0.15, 0.2) is 11.5 Å². The summed E-state index contributed by atoms with van der Waals surface area (Å²) in [5, 5.41) is 5.25. The fraction of sp³-hybridized carbons (Fsp3) is 0.333. The van der Waals surface area contributed by atoms with Crippen LogP contribution in [0, 0.1) is 0 Å². The number of rotatable bonds is 9. The molecule has 2 N–H and O–H groups in total. The summed E-state index contributed by atoms with van der Waals surface area (Å²) in [6.45, 7) is 1.72. The van der Waals surface area contributed by atoms with Crippen LogP contribution in [0.1, 0.15) is 29.7 Å². The van der Waals surface area contributed by atoms with Crippen LogP contribution in [0.25, 0.3) is 0 Å². The Morgan fingerprint density at radius 1 is 1.06 bits per heavy atom. The lowest BCUT2D eigenvalue weighted by Gasteiger charge is -2.28. The van der Waals surface area contributed by atoms with E-state index in [9.17, 15) is 22.8 Å². The zero-order chi connectivity index (χ0) is 25.6. The Morgan fingerprint density at radius 3 is 2.51 bits per heavy atom. The number of ether oxygens (including phenoxy) is 4. The third kappa shape index (κ3) is 6.44. The average molecular weight is 494 g/mol. The van der Waals surface area contributed by atoms with Gasteiger partial charge in [0.2, 0.25) is 0 Å². The summed E-state index contributed by atoms with van der Waals surface area (Å²) >= 11 is 0. The molecular formula is C24H25F3N2O6. The highest BCUT2D eigenvalue weighted by molar-refractivity contribution is 5.95. The maximum Gasteiger partial charge on any atom is 0.416 e. The number of hydrogen-bond donors (Lipinski definition) is 2. The van der Waals surface area contributed by atoms with Gasteiger partial charge in [-0.15, -0.1) is 0 Å². The molecule has 0 radical (unpaired) electrons. The first-order valence-corrected chi connectivity index (χ1v) is 10.5. The first kappa shape index (κ1) is 25.9. The standard InChI is InChI=1S/C24H25F3N2O6/c1-14-20(22(30)34-10-9-32-2)21(29-23(31)28-14)16-7-8-18(19(12-16)33-3)35-13-15-5-4-6-17(11-15)24(25,26)27/h4-8,11-12,21H,9-10,13H2,1-3H3,(H2,28,29,31). The van der Waals surface area contributed by atoms with Crippen molar-refractivity contribution in [1.82, 2.24) is 10.6 Å². The quantitative estimate of drug-likeness (QED) is 0.403. The second-order valence-electron chi connectivity index (χ2n) is 7.60. The Morgan fingerprint density at radius 2 is 1.83 bits per heavy atom. The number of methoxy groups -OCH3 is 2. The van der Waals surface area contributed by atoms with Crippen LogP contribution < -0.4 is 20.1 Å². The zero-order valence-corrected chi connectivity index (χ0v) is 19.3. The Hall–Kier alpha value is -3.73. The van der Waals surface area contributed by atoms with Crippen molar-refractivity contribution in [2.75, 3.05) is 27.4 Å². The number of allylic oxidation sites excluding steroid dienone is 1. The number of halogens is 3. The van der Waals surface area contributed by atoms with E-state index in [1.165, 1.54) is 26.4 Å². The van der Waals surface area contributed by atoms with Gasteiger partial charge in [-0.2, -0.15) is 13.2 Å². The van der Waals surface area contributed by atoms with Crippen LogP contribution in [-0.4, -0.2) is 39.4 Å². The van der Waals surface area contributed by atoms with E-state index in [0.717, 1.165) is 12.1 Å². The monoisotopic (exact) mass is 494 g/mol. The first-order chi connectivity index (χ1) is 16.6. The molecule has 0 bridgehead atoms. The molecular weight excluding hydrogens is 469 g/mol. The predicted octanol–water partition coefficient (Wildman–Crippen LogP) is 4.11. The summed E-state index contributed by atoms with van der Waals surface area (Å²) in [7, 11) is 2.88. The summed E-state index contributed by atoms with van der Waals surface area (Å²) in [4.78, 5) is 24.8. The smallest absolute Gasteiger partial charge is 0.416 e. The molecule has 2 aromatic rings. The molecule has 188 valence electrons. The van der Waals surface area contributed by atoms with Crippen LogP contribution in [0.4, 0.5) is 18.0 Å². The van der Waals surface area contributed by atoms with Crippen LogP contribution in [0.5, 0.6) is 11.5 Å². The van der Waals surface area contributed by atoms with E-state index in [4.69, 9.17) is 18.9 Å². The molecule has 1 heterocycles. The number of urea groups is 1. The van der Waals surface area contributed by atoms with E-state index in [1.54, 1.807) is 25.1 Å². The van der Waals surface area contributed by atoms with Crippen LogP contribution in [0.15, 0.2) is 53.7 Å². The molecule has 0 aliphatic carbocycles. The summed E-state index contributed by atoms with van der Waals surface area (Å²) < 4.78 is 60.1. The fourth-order valence-corrected chi connectivity index (χ4v) is 3.49. The number of carbonyl (C=O) groups is 2. The highest BCUT2D eigenvalue weighted by atomic mass is 19.4. The molecule has 0 fully saturated rings. The molecule has 11 heteroatoms. The second kappa shape index (κ2) is 11.1. The fourth-order valence-electron chi connectivity index (χ4n) is 3.49. The van der Waals surface area contributed by atoms with Crippen molar-refractivity contribution in [3.8, 4) is 11.5 Å². The summed E-state index contributed by atoms with van der Waals surface area (Å²) in [6, 6.07) is 8.26. The number of alkyl halides is 3. The number of benzene rings is 2. The third-order valence-electron chi connectivity index (χ3n) is 5.18. The van der Waals surface area contributed by atoms with Crippen LogP contribution in [0.2, 0.25) is 0 Å². The van der Waals surface area contributed by atoms with Gasteiger partial charge in [-0.05, 0) is 42.3 Å². The van der Waals surface area contributed by atoms with Gasteiger partial charge in [0.25, 0.3) is 0 Å². The zero-order valence-electron chi connectivity index (χ0n) is 19.3. The molecule has 3 rings (SSSR count). The van der Waals surface area contributed by atoms with E-state index >= 15 is 0 Å². The first-order valence-electron chi connectivity index (χ1n) is 10.5. The lowest BCUT2D eigenvalue weighted by Crippen LogP contribution is -2.45. The minimum Gasteiger partial charge on any atom is -0.493 e. The number of esters is 1. The van der Waals surface area contributed by atoms with Crippen molar-refractivity contribution >= 4 is 12.0 Å². The van der Waals surface area contributed by atoms with E-state index in [1.807, 2.05) is 0 Å². The van der Waals surface area contributed by atoms with Gasteiger partial charge in [0, 0.05) is 12.8 Å². The topological polar surface area (TPSA) is 95.1 Å². The van der Waals surface area contributed by atoms with Crippen molar-refractivity contribution < 1.29 is 41.7 Å². The van der Waals surface area contributed by atoms with Gasteiger partial charge in [-0.3, -0.25) is 0 Å². The highest BCUT2D eigenvalue weighted by Crippen LogP contribution is 2.35. The van der Waals surface area contributed by atoms with Crippen LogP contribution >= 0.6 is 0 Å². The van der Waals surface area contributed by atoms with Gasteiger partial charge >= 0.3 is 18.2 Å². The number of carbonyl (C=O) groups excluding carboxylic acids is 2. The van der Waals surface area contributed by atoms with Gasteiger partial charge in [-0.1, -0.05) is 18.2 Å². The Bertz CT molecular complexity index is 1120. The molecule has 0 saturated heterocycles. The normalized spacial score (nSPS) is 15.8. The molecule has 1 atom stereocenters. The van der Waals surface area contributed by atoms with Gasteiger partial charge in [-0.25, -0.2) is 9.59 Å². The average Bonchev–Trinajstić information content (AvgIpc) is 2.81. The maximum atomic E-state index is 13.0. The van der Waals surface area contributed by atoms with Crippen LogP contribution in [0.3, 0.4) is 0 Å². The van der Waals surface area contributed by atoms with E-state index in [0.29, 0.717) is 16.8 Å². The Balaban J connectivity index is 1.83. The van der Waals surface area contributed by atoms with Gasteiger partial charge < -0.3 is 29.6 Å². The van der Waals surface area contributed by atoms with Crippen molar-refractivity contribution in [2.24, 2.45) is 0 Å². The van der Waals surface area contributed by atoms with Crippen molar-refractivity contribution in [3.05, 3.63) is 70.4 Å². The lowest BCUT2D eigenvalue weighted by atomic mass is 9.95. The third-order valence-corrected chi connectivity index (χ3v) is 5.18. The number of hydrogen-bond acceptors (Lipinski definition) is 6. The molecule has 2 aromatic carbocycles. The molecule has 35 heavy (non-hydrogen) atoms. The highest BCUT2D eigenvalue weighted by Gasteiger charge is 2.33. The van der Waals surface area contributed by atoms with Crippen LogP contribution in [-0.2, 0) is 27.1 Å². The Kier molecular flexibility index (Phi) is 8.23. The molecule has 1 aliphatic rings. The summed E-state index contributed by atoms with van der Waals surface area (Å²) in [5.41, 5.74) is 0.623. The molecule has 8 nitrogen and oxygen atoms in total. The molecule has 1 aliphatic heterocycles. The van der Waals surface area contributed by atoms with Crippen molar-refractivity contribution in [3.63, 3.8) is 0 Å². The molecule has 0 spiro atoms. The number of nitrogens with one attached hydrogen (secondary N) is 2. The second-order valence-corrected chi connectivity index (χ2v) is 7.60. The molecule has 0 aromatic heterocycles. The molecule has 2 amide bonds. The largest absolute Gasteiger partial charge is 0.493 e. The van der Waals surface area contributed by atoms with Crippen molar-refractivity contribution in [2.45, 2.75) is 25.7 Å². The molecule has 1 unspecified atom stereocenters. The number of amides is 2. The molecule has 0 saturated carbocycles. The van der Waals surface area contributed by atoms with E-state index < -0.39 is 29.8 Å². The van der Waals surface area contributed by atoms with Crippen molar-refractivity contribution in [1.29, 1.82) is 0 Å². The summed E-state index contributed by atoms with van der Waals surface area (Å²) in [6.07, 6.45) is -4.46. The van der Waals surface area contributed by atoms with Gasteiger partial charge in [0.05, 0.1) is 30.9 Å². The SMILES string of the molecule is COCCOC(=O)C1=C(C)NC(=O)NC1c1ccc(OCc2cccc(C(F)(F)F)c2)c(OC)c1. The van der Waals surface area contributed by atoms with E-state index in [2.05, 4.69) is 10.6 Å². The van der Waals surface area contributed by atoms with E-state index in [-0.39, 0.29) is 36.9 Å². The van der Waals surface area contributed by atoms with Gasteiger partial charge in [0.1, 0.15) is 13.2 Å². The Labute approximate surface area is 200 Å². The maximum absolute atomic E-state index is 13.0. The lowest BCUT2D eigenvalue weighted by molar-refractivity contribution is -0.141. The predicted molar refractivity (Wildman–Crippen MR) is 119 cm³/mol. The minimum absolute atomic E-state index is 0.0401. The minimum atomic E-state index is -4.46. The summed E-state index contributed by atoms with van der Waals surface area (Å²) in [5.74, 6) is -0.0771.